The highest BCUT2D eigenvalue weighted by Crippen LogP contribution is 2.20. The number of nitrogens with two attached hydrogens (primary N) is 1. The van der Waals surface area contributed by atoms with Crippen molar-refractivity contribution in [3.63, 3.8) is 0 Å². The van der Waals surface area contributed by atoms with E-state index in [1.54, 1.807) is 6.92 Å². The smallest absolute Gasteiger partial charge is 0.272 e. The molecule has 7 nitrogen and oxygen atoms in total. The van der Waals surface area contributed by atoms with Gasteiger partial charge < -0.3 is 10.8 Å². The van der Waals surface area contributed by atoms with Crippen molar-refractivity contribution in [3.05, 3.63) is 0 Å². The number of anilines is 1. The summed E-state index contributed by atoms with van der Waals surface area (Å²) in [6.45, 7) is 1.82. The molecular weight excluding hydrogens is 252 g/mol. The number of sulfonamides is 1. The van der Waals surface area contributed by atoms with Crippen LogP contribution in [0.1, 0.15) is 13.3 Å². The second-order valence-electron chi connectivity index (χ2n) is 3.37. The van der Waals surface area contributed by atoms with Crippen molar-refractivity contribution in [1.29, 1.82) is 0 Å². The molecule has 16 heavy (non-hydrogen) atoms. The van der Waals surface area contributed by atoms with Crippen LogP contribution in [-0.4, -0.2) is 47.7 Å². The van der Waals surface area contributed by atoms with Crippen LogP contribution in [0.3, 0.4) is 0 Å². The molecule has 0 spiro atoms. The number of rotatable bonds is 5. The average molecular weight is 266 g/mol. The molecule has 1 aromatic heterocycles. The molecule has 0 aliphatic heterocycles. The summed E-state index contributed by atoms with van der Waals surface area (Å²) in [6, 6.07) is 0. The van der Waals surface area contributed by atoms with E-state index in [-0.39, 0.29) is 16.0 Å². The Morgan fingerprint density at radius 3 is 2.62 bits per heavy atom. The molecular formula is C7H14N4O3S2. The van der Waals surface area contributed by atoms with E-state index in [0.717, 1.165) is 15.6 Å². The van der Waals surface area contributed by atoms with Gasteiger partial charge in [-0.25, -0.2) is 8.42 Å². The molecule has 0 bridgehead atoms. The molecule has 0 saturated heterocycles. The van der Waals surface area contributed by atoms with Crippen LogP contribution in [-0.2, 0) is 10.0 Å². The Balaban J connectivity index is 2.78. The molecule has 1 rings (SSSR count). The summed E-state index contributed by atoms with van der Waals surface area (Å²) in [6.07, 6.45) is -0.179. The summed E-state index contributed by atoms with van der Waals surface area (Å²) in [5.74, 6) is 0. The molecule has 9 heteroatoms. The molecule has 0 amide bonds. The van der Waals surface area contributed by atoms with Crippen molar-refractivity contribution in [1.82, 2.24) is 14.5 Å². The molecule has 1 heterocycles. The number of hydrogen-bond acceptors (Lipinski definition) is 7. The summed E-state index contributed by atoms with van der Waals surface area (Å²) in [7, 11) is -2.20. The van der Waals surface area contributed by atoms with E-state index >= 15 is 0 Å². The lowest BCUT2D eigenvalue weighted by atomic mass is 10.3. The number of aliphatic hydroxyl groups is 1. The van der Waals surface area contributed by atoms with E-state index in [4.69, 9.17) is 10.8 Å². The van der Waals surface area contributed by atoms with Crippen LogP contribution in [0.2, 0.25) is 0 Å². The van der Waals surface area contributed by atoms with E-state index in [0.29, 0.717) is 6.42 Å². The van der Waals surface area contributed by atoms with Gasteiger partial charge >= 0.3 is 0 Å². The van der Waals surface area contributed by atoms with Crippen LogP contribution < -0.4 is 5.73 Å². The lowest BCUT2D eigenvalue weighted by Gasteiger charge is -2.15. The summed E-state index contributed by atoms with van der Waals surface area (Å²) in [5, 5.41) is 16.1. The Kier molecular flexibility index (Phi) is 4.19. The van der Waals surface area contributed by atoms with Gasteiger partial charge in [0.2, 0.25) is 9.47 Å². The van der Waals surface area contributed by atoms with Gasteiger partial charge in [-0.1, -0.05) is 11.3 Å². The van der Waals surface area contributed by atoms with Gasteiger partial charge in [-0.2, -0.15) is 4.31 Å². The fourth-order valence-electron chi connectivity index (χ4n) is 0.947. The largest absolute Gasteiger partial charge is 0.393 e. The van der Waals surface area contributed by atoms with E-state index < -0.39 is 16.1 Å². The highest BCUT2D eigenvalue weighted by Gasteiger charge is 2.25. The van der Waals surface area contributed by atoms with Gasteiger partial charge in [-0.3, -0.25) is 0 Å². The monoisotopic (exact) mass is 266 g/mol. The van der Waals surface area contributed by atoms with Crippen molar-refractivity contribution < 1.29 is 13.5 Å². The van der Waals surface area contributed by atoms with Crippen LogP contribution in [0, 0.1) is 0 Å². The predicted octanol–water partition coefficient (Wildman–Crippen LogP) is -0.488. The molecule has 0 aliphatic carbocycles. The van der Waals surface area contributed by atoms with E-state index in [9.17, 15) is 8.42 Å². The first-order valence-corrected chi connectivity index (χ1v) is 6.83. The van der Waals surface area contributed by atoms with E-state index in [1.165, 1.54) is 7.05 Å². The standard InChI is InChI=1S/C7H14N4O3S2/c1-5(12)3-4-11(2)16(13,14)7-10-9-6(8)15-7/h5,12H,3-4H2,1-2H3,(H2,8,9). The highest BCUT2D eigenvalue weighted by molar-refractivity contribution is 7.91. The van der Waals surface area contributed by atoms with Crippen molar-refractivity contribution in [2.24, 2.45) is 0 Å². The first-order valence-electron chi connectivity index (χ1n) is 4.57. The Morgan fingerprint density at radius 2 is 2.19 bits per heavy atom. The summed E-state index contributed by atoms with van der Waals surface area (Å²) in [5.41, 5.74) is 5.32. The maximum atomic E-state index is 11.9. The Labute approximate surface area is 98.0 Å². The van der Waals surface area contributed by atoms with Gasteiger partial charge in [0.15, 0.2) is 0 Å². The second kappa shape index (κ2) is 5.04. The van der Waals surface area contributed by atoms with Crippen molar-refractivity contribution >= 4 is 26.5 Å². The first-order chi connectivity index (χ1) is 7.34. The van der Waals surface area contributed by atoms with Gasteiger partial charge in [-0.15, -0.1) is 10.2 Å². The Bertz CT molecular complexity index is 442. The number of aromatic nitrogens is 2. The van der Waals surface area contributed by atoms with Gasteiger partial charge in [0.25, 0.3) is 10.0 Å². The van der Waals surface area contributed by atoms with Crippen LogP contribution >= 0.6 is 11.3 Å². The third-order valence-electron chi connectivity index (χ3n) is 1.91. The lowest BCUT2D eigenvalue weighted by molar-refractivity contribution is 0.177. The van der Waals surface area contributed by atoms with Crippen LogP contribution in [0.4, 0.5) is 5.13 Å². The minimum Gasteiger partial charge on any atom is -0.393 e. The van der Waals surface area contributed by atoms with Crippen LogP contribution in [0.15, 0.2) is 4.34 Å². The maximum absolute atomic E-state index is 11.9. The molecule has 0 fully saturated rings. The normalized spacial score (nSPS) is 14.2. The second-order valence-corrected chi connectivity index (χ2v) is 6.60. The zero-order valence-corrected chi connectivity index (χ0v) is 10.6. The maximum Gasteiger partial charge on any atom is 0.272 e. The molecule has 1 atom stereocenters. The third-order valence-corrected chi connectivity index (χ3v) is 4.87. The highest BCUT2D eigenvalue weighted by atomic mass is 32.2. The topological polar surface area (TPSA) is 109 Å². The Hall–Kier alpha value is -0.770. The predicted molar refractivity (Wildman–Crippen MR) is 60.4 cm³/mol. The minimum atomic E-state index is -3.63. The molecule has 1 unspecified atom stereocenters. The average Bonchev–Trinajstić information content (AvgIpc) is 2.61. The summed E-state index contributed by atoms with van der Waals surface area (Å²) in [4.78, 5) is 0. The SMILES string of the molecule is CC(O)CCN(C)S(=O)(=O)c1nnc(N)s1. The van der Waals surface area contributed by atoms with Crippen molar-refractivity contribution in [2.45, 2.75) is 23.8 Å². The Morgan fingerprint density at radius 1 is 1.56 bits per heavy atom. The number of hydrogen-bond donors (Lipinski definition) is 2. The fourth-order valence-corrected chi connectivity index (χ4v) is 3.10. The summed E-state index contributed by atoms with van der Waals surface area (Å²) >= 11 is 0.821. The van der Waals surface area contributed by atoms with E-state index in [2.05, 4.69) is 10.2 Å². The number of aliphatic hydroxyl groups excluding tert-OH is 1. The van der Waals surface area contributed by atoms with Gasteiger partial charge in [0.05, 0.1) is 6.10 Å². The van der Waals surface area contributed by atoms with Crippen molar-refractivity contribution in [2.75, 3.05) is 19.3 Å². The van der Waals surface area contributed by atoms with Gasteiger partial charge in [0, 0.05) is 13.6 Å². The van der Waals surface area contributed by atoms with Gasteiger partial charge in [-0.05, 0) is 13.3 Å². The molecule has 0 saturated carbocycles. The molecule has 0 radical (unpaired) electrons. The molecule has 3 N–H and O–H groups in total. The van der Waals surface area contributed by atoms with Crippen molar-refractivity contribution in [3.8, 4) is 0 Å². The molecule has 92 valence electrons. The van der Waals surface area contributed by atoms with Crippen LogP contribution in [0.25, 0.3) is 0 Å². The molecule has 0 aliphatic rings. The van der Waals surface area contributed by atoms with Crippen LogP contribution in [0.5, 0.6) is 0 Å². The first kappa shape index (κ1) is 13.3. The van der Waals surface area contributed by atoms with E-state index in [1.807, 2.05) is 0 Å². The number of nitrogen functional groups attached to an aromatic ring is 1. The zero-order valence-electron chi connectivity index (χ0n) is 8.99. The quantitative estimate of drug-likeness (QED) is 0.744. The molecule has 1 aromatic rings. The van der Waals surface area contributed by atoms with Gasteiger partial charge in [0.1, 0.15) is 0 Å². The lowest BCUT2D eigenvalue weighted by Crippen LogP contribution is -2.29. The number of nitrogens with zero attached hydrogens (tertiary/aromatic N) is 3. The summed E-state index contributed by atoms with van der Waals surface area (Å²) < 4.78 is 24.7. The fraction of sp³-hybridized carbons (Fsp3) is 0.714. The zero-order chi connectivity index (χ0) is 12.3. The molecule has 0 aromatic carbocycles. The minimum absolute atomic E-state index is 0.113. The third kappa shape index (κ3) is 3.11.